The van der Waals surface area contributed by atoms with E-state index in [1.165, 1.54) is 56.0 Å². The van der Waals surface area contributed by atoms with Crippen molar-refractivity contribution in [2.45, 2.75) is 56.6 Å². The van der Waals surface area contributed by atoms with Gasteiger partial charge in [-0.15, -0.1) is 10.2 Å². The number of benzene rings is 1. The second-order valence-electron chi connectivity index (χ2n) is 6.26. The lowest BCUT2D eigenvalue weighted by atomic mass is 9.89. The van der Waals surface area contributed by atoms with Gasteiger partial charge in [0.1, 0.15) is 11.6 Å². The summed E-state index contributed by atoms with van der Waals surface area (Å²) in [7, 11) is 0. The molecule has 1 aliphatic rings. The number of aromatic nitrogens is 3. The fourth-order valence-corrected chi connectivity index (χ4v) is 4.04. The van der Waals surface area contributed by atoms with E-state index in [-0.39, 0.29) is 17.5 Å². The van der Waals surface area contributed by atoms with Crippen molar-refractivity contribution in [1.29, 1.82) is 0 Å². The molecular weight excluding hydrogens is 339 g/mol. The van der Waals surface area contributed by atoms with Crippen LogP contribution in [-0.4, -0.2) is 26.4 Å². The molecule has 0 unspecified atom stereocenters. The summed E-state index contributed by atoms with van der Waals surface area (Å²) in [6.45, 7) is 2.89. The van der Waals surface area contributed by atoms with Gasteiger partial charge in [-0.05, 0) is 44.0 Å². The summed E-state index contributed by atoms with van der Waals surface area (Å²) in [5, 5.41) is 12.3. The summed E-state index contributed by atoms with van der Waals surface area (Å²) in [6.07, 6.45) is 6.16. The Kier molecular flexibility index (Phi) is 6.07. The van der Waals surface area contributed by atoms with Gasteiger partial charge in [-0.1, -0.05) is 31.0 Å². The van der Waals surface area contributed by atoms with Gasteiger partial charge in [0.05, 0.1) is 5.75 Å². The third-order valence-corrected chi connectivity index (χ3v) is 5.46. The largest absolute Gasteiger partial charge is 0.325 e. The maximum Gasteiger partial charge on any atom is 0.234 e. The quantitative estimate of drug-likeness (QED) is 0.782. The summed E-state index contributed by atoms with van der Waals surface area (Å²) >= 11 is 1.39. The molecule has 1 aromatic heterocycles. The zero-order valence-electron chi connectivity index (χ0n) is 14.4. The Morgan fingerprint density at radius 3 is 2.64 bits per heavy atom. The zero-order valence-corrected chi connectivity index (χ0v) is 15.2. The molecule has 2 aromatic rings. The molecule has 25 heavy (non-hydrogen) atoms. The third kappa shape index (κ3) is 4.60. The standard InChI is InChI=1S/C18H23FN4OS/c1-2-23-17(13-6-4-3-5-7-13)21-22-18(23)25-12-16(24)20-15-10-8-14(19)9-11-15/h8-11,13H,2-7,12H2,1H3,(H,20,24). The number of carbonyl (C=O) groups is 1. The fourth-order valence-electron chi connectivity index (χ4n) is 3.23. The van der Waals surface area contributed by atoms with Crippen molar-refractivity contribution >= 4 is 23.4 Å². The van der Waals surface area contributed by atoms with E-state index in [1.807, 2.05) is 0 Å². The highest BCUT2D eigenvalue weighted by Gasteiger charge is 2.23. The molecule has 0 spiro atoms. The van der Waals surface area contributed by atoms with Crippen LogP contribution in [0, 0.1) is 5.82 Å². The minimum absolute atomic E-state index is 0.138. The minimum Gasteiger partial charge on any atom is -0.325 e. The number of anilines is 1. The third-order valence-electron chi connectivity index (χ3n) is 4.49. The molecule has 1 heterocycles. The summed E-state index contributed by atoms with van der Waals surface area (Å²) < 4.78 is 15.0. The van der Waals surface area contributed by atoms with Crippen LogP contribution in [0.4, 0.5) is 10.1 Å². The predicted molar refractivity (Wildman–Crippen MR) is 97.3 cm³/mol. The van der Waals surface area contributed by atoms with Gasteiger partial charge in [0, 0.05) is 18.2 Å². The maximum atomic E-state index is 12.9. The van der Waals surface area contributed by atoms with E-state index in [4.69, 9.17) is 0 Å². The highest BCUT2D eigenvalue weighted by Crippen LogP contribution is 2.33. The van der Waals surface area contributed by atoms with Crippen molar-refractivity contribution < 1.29 is 9.18 Å². The zero-order chi connectivity index (χ0) is 17.6. The molecule has 3 rings (SSSR count). The Hall–Kier alpha value is -1.89. The van der Waals surface area contributed by atoms with E-state index in [2.05, 4.69) is 27.0 Å². The summed E-state index contributed by atoms with van der Waals surface area (Å²) in [5.74, 6) is 1.34. The number of rotatable bonds is 6. The van der Waals surface area contributed by atoms with Crippen LogP contribution in [-0.2, 0) is 11.3 Å². The molecule has 0 radical (unpaired) electrons. The van der Waals surface area contributed by atoms with Gasteiger partial charge >= 0.3 is 0 Å². The molecule has 0 bridgehead atoms. The summed E-state index contributed by atoms with van der Waals surface area (Å²) in [4.78, 5) is 12.1. The molecule has 1 fully saturated rings. The van der Waals surface area contributed by atoms with Crippen LogP contribution in [0.3, 0.4) is 0 Å². The monoisotopic (exact) mass is 362 g/mol. The number of amides is 1. The summed E-state index contributed by atoms with van der Waals surface area (Å²) in [5.41, 5.74) is 0.590. The molecule has 1 N–H and O–H groups in total. The Bertz CT molecular complexity index is 710. The second-order valence-corrected chi connectivity index (χ2v) is 7.21. The number of hydrogen-bond acceptors (Lipinski definition) is 4. The molecule has 1 amide bonds. The Balaban J connectivity index is 1.59. The number of hydrogen-bond donors (Lipinski definition) is 1. The van der Waals surface area contributed by atoms with Crippen LogP contribution in [0.1, 0.15) is 50.8 Å². The summed E-state index contributed by atoms with van der Waals surface area (Å²) in [6, 6.07) is 5.75. The van der Waals surface area contributed by atoms with E-state index >= 15 is 0 Å². The lowest BCUT2D eigenvalue weighted by Gasteiger charge is -2.21. The first-order valence-corrected chi connectivity index (χ1v) is 9.77. The number of halogens is 1. The van der Waals surface area contributed by atoms with Gasteiger partial charge in [0.25, 0.3) is 0 Å². The van der Waals surface area contributed by atoms with Gasteiger partial charge < -0.3 is 9.88 Å². The SMILES string of the molecule is CCn1c(SCC(=O)Nc2ccc(F)cc2)nnc1C1CCCCC1. The van der Waals surface area contributed by atoms with Gasteiger partial charge in [0.2, 0.25) is 5.91 Å². The van der Waals surface area contributed by atoms with E-state index in [9.17, 15) is 9.18 Å². The first-order valence-electron chi connectivity index (χ1n) is 8.78. The van der Waals surface area contributed by atoms with Crippen LogP contribution in [0.25, 0.3) is 0 Å². The topological polar surface area (TPSA) is 59.8 Å². The highest BCUT2D eigenvalue weighted by molar-refractivity contribution is 7.99. The molecule has 0 saturated heterocycles. The second kappa shape index (κ2) is 8.47. The first kappa shape index (κ1) is 17.9. The van der Waals surface area contributed by atoms with Crippen molar-refractivity contribution in [2.75, 3.05) is 11.1 Å². The number of carbonyl (C=O) groups excluding carboxylic acids is 1. The molecule has 5 nitrogen and oxygen atoms in total. The molecule has 1 aromatic carbocycles. The highest BCUT2D eigenvalue weighted by atomic mass is 32.2. The van der Waals surface area contributed by atoms with Crippen molar-refractivity contribution in [3.8, 4) is 0 Å². The van der Waals surface area contributed by atoms with Gasteiger partial charge in [-0.3, -0.25) is 4.79 Å². The molecular formula is C18H23FN4OS. The maximum absolute atomic E-state index is 12.9. The van der Waals surface area contributed by atoms with Crippen LogP contribution >= 0.6 is 11.8 Å². The Labute approximate surface area is 151 Å². The average molecular weight is 362 g/mol. The molecule has 7 heteroatoms. The Morgan fingerprint density at radius 1 is 1.24 bits per heavy atom. The number of nitrogens with one attached hydrogen (secondary N) is 1. The van der Waals surface area contributed by atoms with E-state index in [0.29, 0.717) is 11.6 Å². The molecule has 1 saturated carbocycles. The van der Waals surface area contributed by atoms with Crippen molar-refractivity contribution in [3.05, 3.63) is 35.9 Å². The smallest absolute Gasteiger partial charge is 0.234 e. The Morgan fingerprint density at radius 2 is 1.96 bits per heavy atom. The van der Waals surface area contributed by atoms with E-state index < -0.39 is 0 Å². The van der Waals surface area contributed by atoms with E-state index in [0.717, 1.165) is 17.5 Å². The number of nitrogens with zero attached hydrogens (tertiary/aromatic N) is 3. The minimum atomic E-state index is -0.321. The first-order chi connectivity index (χ1) is 12.2. The van der Waals surface area contributed by atoms with Gasteiger partial charge in [-0.2, -0.15) is 0 Å². The lowest BCUT2D eigenvalue weighted by Crippen LogP contribution is -2.15. The van der Waals surface area contributed by atoms with Crippen LogP contribution in [0.2, 0.25) is 0 Å². The van der Waals surface area contributed by atoms with Crippen molar-refractivity contribution in [2.24, 2.45) is 0 Å². The van der Waals surface area contributed by atoms with Gasteiger partial charge in [-0.25, -0.2) is 4.39 Å². The van der Waals surface area contributed by atoms with E-state index in [1.54, 1.807) is 12.1 Å². The molecule has 0 aliphatic heterocycles. The van der Waals surface area contributed by atoms with Crippen LogP contribution in [0.15, 0.2) is 29.4 Å². The lowest BCUT2D eigenvalue weighted by molar-refractivity contribution is -0.113. The van der Waals surface area contributed by atoms with Gasteiger partial charge in [0.15, 0.2) is 5.16 Å². The van der Waals surface area contributed by atoms with Crippen LogP contribution < -0.4 is 5.32 Å². The van der Waals surface area contributed by atoms with Crippen molar-refractivity contribution in [1.82, 2.24) is 14.8 Å². The molecule has 0 atom stereocenters. The fraction of sp³-hybridized carbons (Fsp3) is 0.500. The van der Waals surface area contributed by atoms with Crippen LogP contribution in [0.5, 0.6) is 0 Å². The van der Waals surface area contributed by atoms with Crippen molar-refractivity contribution in [3.63, 3.8) is 0 Å². The molecule has 134 valence electrons. The predicted octanol–water partition coefficient (Wildman–Crippen LogP) is 4.22. The number of thioether (sulfide) groups is 1. The molecule has 1 aliphatic carbocycles. The normalized spacial score (nSPS) is 15.3. The average Bonchev–Trinajstić information content (AvgIpc) is 3.05.